The molecule has 110 valence electrons. The molecule has 1 heterocycles. The minimum absolute atomic E-state index is 0.0646. The third kappa shape index (κ3) is 5.16. The Hall–Kier alpha value is -1.14. The van der Waals surface area contributed by atoms with Crippen LogP contribution in [0.3, 0.4) is 0 Å². The lowest BCUT2D eigenvalue weighted by molar-refractivity contribution is -0.145. The highest BCUT2D eigenvalue weighted by Gasteiger charge is 2.26. The van der Waals surface area contributed by atoms with Crippen molar-refractivity contribution >= 4 is 11.9 Å². The van der Waals surface area contributed by atoms with Gasteiger partial charge in [0.1, 0.15) is 0 Å². The van der Waals surface area contributed by atoms with E-state index in [1.165, 1.54) is 0 Å². The van der Waals surface area contributed by atoms with E-state index in [0.717, 1.165) is 6.54 Å². The van der Waals surface area contributed by atoms with E-state index in [4.69, 9.17) is 5.11 Å². The summed E-state index contributed by atoms with van der Waals surface area (Å²) < 4.78 is 0. The second-order valence-electron chi connectivity index (χ2n) is 5.44. The van der Waals surface area contributed by atoms with Crippen LogP contribution in [-0.4, -0.2) is 73.1 Å². The number of amides is 1. The molecule has 0 radical (unpaired) electrons. The van der Waals surface area contributed by atoms with Gasteiger partial charge >= 0.3 is 5.97 Å². The normalized spacial score (nSPS) is 18.6. The van der Waals surface area contributed by atoms with Gasteiger partial charge in [-0.05, 0) is 33.9 Å². The van der Waals surface area contributed by atoms with Crippen molar-refractivity contribution in [2.75, 3.05) is 40.3 Å². The number of piperidine rings is 1. The zero-order valence-corrected chi connectivity index (χ0v) is 12.1. The van der Waals surface area contributed by atoms with Crippen molar-refractivity contribution in [3.63, 3.8) is 0 Å². The first-order valence-electron chi connectivity index (χ1n) is 6.79. The summed E-state index contributed by atoms with van der Waals surface area (Å²) in [5, 5.41) is 12.0. The topological polar surface area (TPSA) is 72.9 Å². The van der Waals surface area contributed by atoms with Crippen LogP contribution in [0.5, 0.6) is 0 Å². The lowest BCUT2D eigenvalue weighted by Crippen LogP contribution is -2.45. The smallest absolute Gasteiger partial charge is 0.306 e. The molecule has 0 saturated carbocycles. The summed E-state index contributed by atoms with van der Waals surface area (Å²) in [7, 11) is 4.01. The van der Waals surface area contributed by atoms with Gasteiger partial charge in [-0.2, -0.15) is 0 Å². The van der Waals surface area contributed by atoms with Crippen molar-refractivity contribution in [1.29, 1.82) is 0 Å². The van der Waals surface area contributed by atoms with E-state index in [1.807, 2.05) is 14.1 Å². The number of carboxylic acids is 1. The van der Waals surface area contributed by atoms with Crippen LogP contribution in [0.2, 0.25) is 0 Å². The van der Waals surface area contributed by atoms with Crippen LogP contribution in [0, 0.1) is 5.92 Å². The van der Waals surface area contributed by atoms with Crippen LogP contribution in [0.1, 0.15) is 19.8 Å². The van der Waals surface area contributed by atoms with Crippen LogP contribution in [0.15, 0.2) is 0 Å². The summed E-state index contributed by atoms with van der Waals surface area (Å²) in [6, 6.07) is 0.380. The maximum absolute atomic E-state index is 11.9. The molecule has 0 aromatic carbocycles. The highest BCUT2D eigenvalue weighted by molar-refractivity contribution is 5.78. The van der Waals surface area contributed by atoms with Crippen molar-refractivity contribution in [3.05, 3.63) is 0 Å². The molecule has 2 N–H and O–H groups in total. The molecule has 0 aromatic heterocycles. The van der Waals surface area contributed by atoms with Crippen LogP contribution in [0.4, 0.5) is 0 Å². The standard InChI is InChI=1S/C13H25N3O3/c1-10(15(2)3)8-14-9-12(17)16-6-4-11(5-7-16)13(18)19/h10-11,14H,4-9H2,1-3H3,(H,18,19). The highest BCUT2D eigenvalue weighted by Crippen LogP contribution is 2.16. The first-order chi connectivity index (χ1) is 8.91. The Labute approximate surface area is 114 Å². The van der Waals surface area contributed by atoms with E-state index in [2.05, 4.69) is 17.1 Å². The molecule has 1 saturated heterocycles. The molecule has 6 nitrogen and oxygen atoms in total. The van der Waals surface area contributed by atoms with Crippen LogP contribution < -0.4 is 5.32 Å². The predicted octanol–water partition coefficient (Wildman–Crippen LogP) is -0.151. The Bertz CT molecular complexity index is 312. The number of likely N-dealkylation sites (N-methyl/N-ethyl adjacent to an activating group) is 1. The summed E-state index contributed by atoms with van der Waals surface area (Å²) in [5.74, 6) is -0.967. The first kappa shape index (κ1) is 15.9. The average Bonchev–Trinajstić information content (AvgIpc) is 2.38. The molecule has 0 bridgehead atoms. The predicted molar refractivity (Wildman–Crippen MR) is 73.0 cm³/mol. The summed E-state index contributed by atoms with van der Waals surface area (Å²) >= 11 is 0. The fourth-order valence-electron chi connectivity index (χ4n) is 2.06. The molecular formula is C13H25N3O3. The molecule has 6 heteroatoms. The number of aliphatic carboxylic acids is 1. The van der Waals surface area contributed by atoms with Gasteiger partial charge in [-0.15, -0.1) is 0 Å². The van der Waals surface area contributed by atoms with Gasteiger partial charge < -0.3 is 20.2 Å². The van der Waals surface area contributed by atoms with E-state index in [9.17, 15) is 9.59 Å². The SMILES string of the molecule is CC(CNCC(=O)N1CCC(C(=O)O)CC1)N(C)C. The maximum Gasteiger partial charge on any atom is 0.306 e. The Kier molecular flexibility index (Phi) is 6.24. The van der Waals surface area contributed by atoms with Crippen LogP contribution in [0.25, 0.3) is 0 Å². The van der Waals surface area contributed by atoms with E-state index >= 15 is 0 Å². The number of hydrogen-bond donors (Lipinski definition) is 2. The van der Waals surface area contributed by atoms with E-state index in [-0.39, 0.29) is 11.8 Å². The van der Waals surface area contributed by atoms with Gasteiger partial charge in [0.2, 0.25) is 5.91 Å². The fourth-order valence-corrected chi connectivity index (χ4v) is 2.06. The van der Waals surface area contributed by atoms with Gasteiger partial charge in [-0.3, -0.25) is 9.59 Å². The summed E-state index contributed by atoms with van der Waals surface area (Å²) in [6.45, 7) is 4.30. The molecule has 0 aliphatic carbocycles. The molecule has 1 amide bonds. The van der Waals surface area contributed by atoms with Gasteiger partial charge in [0.25, 0.3) is 0 Å². The fraction of sp³-hybridized carbons (Fsp3) is 0.846. The van der Waals surface area contributed by atoms with Crippen molar-refractivity contribution < 1.29 is 14.7 Å². The zero-order valence-electron chi connectivity index (χ0n) is 12.1. The van der Waals surface area contributed by atoms with E-state index < -0.39 is 5.97 Å². The van der Waals surface area contributed by atoms with Gasteiger partial charge in [0, 0.05) is 25.7 Å². The molecule has 1 aliphatic heterocycles. The number of nitrogens with zero attached hydrogens (tertiary/aromatic N) is 2. The molecule has 1 aliphatic rings. The largest absolute Gasteiger partial charge is 0.481 e. The van der Waals surface area contributed by atoms with Gasteiger partial charge in [0.05, 0.1) is 12.5 Å². The lowest BCUT2D eigenvalue weighted by atomic mass is 9.97. The molecule has 1 rings (SSSR count). The number of nitrogens with one attached hydrogen (secondary N) is 1. The Balaban J connectivity index is 2.23. The zero-order chi connectivity index (χ0) is 14.4. The highest BCUT2D eigenvalue weighted by atomic mass is 16.4. The van der Waals surface area contributed by atoms with E-state index in [0.29, 0.717) is 38.5 Å². The Morgan fingerprint density at radius 1 is 1.37 bits per heavy atom. The molecular weight excluding hydrogens is 246 g/mol. The molecule has 19 heavy (non-hydrogen) atoms. The minimum Gasteiger partial charge on any atom is -0.481 e. The van der Waals surface area contributed by atoms with Crippen LogP contribution >= 0.6 is 0 Å². The summed E-state index contributed by atoms with van der Waals surface area (Å²) in [5.41, 5.74) is 0. The molecule has 0 spiro atoms. The molecule has 1 atom stereocenters. The van der Waals surface area contributed by atoms with Gasteiger partial charge in [-0.1, -0.05) is 0 Å². The van der Waals surface area contributed by atoms with Crippen molar-refractivity contribution in [1.82, 2.24) is 15.1 Å². The number of likely N-dealkylation sites (tertiary alicyclic amines) is 1. The number of carbonyl (C=O) groups excluding carboxylic acids is 1. The number of carbonyl (C=O) groups is 2. The number of hydrogen-bond acceptors (Lipinski definition) is 4. The maximum atomic E-state index is 11.9. The van der Waals surface area contributed by atoms with Crippen LogP contribution in [-0.2, 0) is 9.59 Å². The van der Waals surface area contributed by atoms with E-state index in [1.54, 1.807) is 4.90 Å². The average molecular weight is 271 g/mol. The minimum atomic E-state index is -0.745. The van der Waals surface area contributed by atoms with Gasteiger partial charge in [0.15, 0.2) is 0 Å². The quantitative estimate of drug-likeness (QED) is 0.703. The van der Waals surface area contributed by atoms with Gasteiger partial charge in [-0.25, -0.2) is 0 Å². The molecule has 0 aromatic rings. The molecule has 1 unspecified atom stereocenters. The Morgan fingerprint density at radius 2 is 1.95 bits per heavy atom. The van der Waals surface area contributed by atoms with Crippen molar-refractivity contribution in [2.24, 2.45) is 5.92 Å². The lowest BCUT2D eigenvalue weighted by Gasteiger charge is -2.30. The number of rotatable bonds is 6. The molecule has 1 fully saturated rings. The monoisotopic (exact) mass is 271 g/mol. The van der Waals surface area contributed by atoms with Crippen molar-refractivity contribution in [2.45, 2.75) is 25.8 Å². The van der Waals surface area contributed by atoms with Crippen molar-refractivity contribution in [3.8, 4) is 0 Å². The second kappa shape index (κ2) is 7.45. The third-order valence-electron chi connectivity index (χ3n) is 3.79. The third-order valence-corrected chi connectivity index (χ3v) is 3.79. The Morgan fingerprint density at radius 3 is 2.42 bits per heavy atom. The first-order valence-corrected chi connectivity index (χ1v) is 6.79. The number of carboxylic acid groups (broad SMARTS) is 1. The second-order valence-corrected chi connectivity index (χ2v) is 5.44. The summed E-state index contributed by atoms with van der Waals surface area (Å²) in [4.78, 5) is 26.6. The summed E-state index contributed by atoms with van der Waals surface area (Å²) in [6.07, 6.45) is 1.13.